The highest BCUT2D eigenvalue weighted by Gasteiger charge is 2.22. The van der Waals surface area contributed by atoms with Crippen molar-refractivity contribution in [2.24, 2.45) is 0 Å². The van der Waals surface area contributed by atoms with Crippen molar-refractivity contribution in [3.8, 4) is 0 Å². The van der Waals surface area contributed by atoms with Gasteiger partial charge in [-0.1, -0.05) is 0 Å². The standard InChI is InChI=1S/C10H10BrN3O/c11-7-3-4-9-12-13-10(14(9)6-7)8-2-1-5-15-8/h3-4,6,8H,1-2,5H2. The number of aromatic nitrogens is 3. The van der Waals surface area contributed by atoms with E-state index >= 15 is 0 Å². The zero-order valence-corrected chi connectivity index (χ0v) is 9.64. The van der Waals surface area contributed by atoms with Gasteiger partial charge in [0.25, 0.3) is 0 Å². The summed E-state index contributed by atoms with van der Waals surface area (Å²) in [6, 6.07) is 3.90. The Morgan fingerprint density at radius 3 is 3.13 bits per heavy atom. The molecule has 1 fully saturated rings. The van der Waals surface area contributed by atoms with Crippen LogP contribution in [0.5, 0.6) is 0 Å². The molecule has 0 amide bonds. The molecule has 3 heterocycles. The lowest BCUT2D eigenvalue weighted by atomic mass is 10.2. The largest absolute Gasteiger partial charge is 0.370 e. The number of pyridine rings is 1. The first-order chi connectivity index (χ1) is 7.34. The predicted molar refractivity (Wildman–Crippen MR) is 58.6 cm³/mol. The highest BCUT2D eigenvalue weighted by molar-refractivity contribution is 9.10. The number of hydrogen-bond donors (Lipinski definition) is 0. The molecule has 0 bridgehead atoms. The van der Waals surface area contributed by atoms with Gasteiger partial charge in [0.1, 0.15) is 6.10 Å². The third-order valence-electron chi connectivity index (χ3n) is 2.61. The fraction of sp³-hybridized carbons (Fsp3) is 0.400. The first-order valence-corrected chi connectivity index (χ1v) is 5.76. The second-order valence-corrected chi connectivity index (χ2v) is 4.55. The van der Waals surface area contributed by atoms with Gasteiger partial charge in [-0.25, -0.2) is 0 Å². The van der Waals surface area contributed by atoms with Crippen LogP contribution in [-0.4, -0.2) is 21.2 Å². The molecule has 1 aliphatic heterocycles. The summed E-state index contributed by atoms with van der Waals surface area (Å²) in [5, 5.41) is 8.30. The Balaban J connectivity index is 2.13. The minimum Gasteiger partial charge on any atom is -0.370 e. The molecular weight excluding hydrogens is 258 g/mol. The molecule has 3 rings (SSSR count). The molecule has 0 spiro atoms. The van der Waals surface area contributed by atoms with E-state index in [2.05, 4.69) is 26.1 Å². The monoisotopic (exact) mass is 267 g/mol. The lowest BCUT2D eigenvalue weighted by molar-refractivity contribution is 0.104. The van der Waals surface area contributed by atoms with E-state index in [0.717, 1.165) is 35.4 Å². The Morgan fingerprint density at radius 2 is 2.33 bits per heavy atom. The van der Waals surface area contributed by atoms with E-state index in [1.54, 1.807) is 0 Å². The number of fused-ring (bicyclic) bond motifs is 1. The van der Waals surface area contributed by atoms with Crippen molar-refractivity contribution in [3.63, 3.8) is 0 Å². The minimum atomic E-state index is 0.106. The molecule has 4 nitrogen and oxygen atoms in total. The Hall–Kier alpha value is -0.940. The minimum absolute atomic E-state index is 0.106. The summed E-state index contributed by atoms with van der Waals surface area (Å²) >= 11 is 3.44. The van der Waals surface area contributed by atoms with Gasteiger partial charge in [-0.15, -0.1) is 10.2 Å². The van der Waals surface area contributed by atoms with Gasteiger partial charge in [0.15, 0.2) is 11.5 Å². The van der Waals surface area contributed by atoms with Crippen LogP contribution in [0.4, 0.5) is 0 Å². The first kappa shape index (κ1) is 9.30. The van der Waals surface area contributed by atoms with E-state index in [9.17, 15) is 0 Å². The van der Waals surface area contributed by atoms with Crippen LogP contribution in [0.2, 0.25) is 0 Å². The normalized spacial score (nSPS) is 21.3. The molecule has 0 aromatic carbocycles. The van der Waals surface area contributed by atoms with Gasteiger partial charge in [-0.2, -0.15) is 0 Å². The summed E-state index contributed by atoms with van der Waals surface area (Å²) in [4.78, 5) is 0. The van der Waals surface area contributed by atoms with Gasteiger partial charge in [0.2, 0.25) is 0 Å². The molecule has 0 aliphatic carbocycles. The molecule has 15 heavy (non-hydrogen) atoms. The van der Waals surface area contributed by atoms with E-state index in [1.807, 2.05) is 22.7 Å². The van der Waals surface area contributed by atoms with Crippen LogP contribution in [0, 0.1) is 0 Å². The van der Waals surface area contributed by atoms with Crippen molar-refractivity contribution in [3.05, 3.63) is 28.6 Å². The summed E-state index contributed by atoms with van der Waals surface area (Å²) < 4.78 is 8.62. The van der Waals surface area contributed by atoms with Gasteiger partial charge < -0.3 is 4.74 Å². The van der Waals surface area contributed by atoms with E-state index in [1.165, 1.54) is 0 Å². The summed E-state index contributed by atoms with van der Waals surface area (Å²) in [6.07, 6.45) is 4.22. The highest BCUT2D eigenvalue weighted by atomic mass is 79.9. The van der Waals surface area contributed by atoms with E-state index < -0.39 is 0 Å². The molecule has 1 atom stereocenters. The molecule has 5 heteroatoms. The number of nitrogens with zero attached hydrogens (tertiary/aromatic N) is 3. The maximum atomic E-state index is 5.61. The average molecular weight is 268 g/mol. The summed E-state index contributed by atoms with van der Waals surface area (Å²) in [5.41, 5.74) is 0.865. The van der Waals surface area contributed by atoms with Gasteiger partial charge in [-0.05, 0) is 40.9 Å². The molecule has 1 unspecified atom stereocenters. The van der Waals surface area contributed by atoms with Crippen LogP contribution in [0.1, 0.15) is 24.8 Å². The van der Waals surface area contributed by atoms with Crippen LogP contribution < -0.4 is 0 Å². The third kappa shape index (κ3) is 1.55. The molecule has 1 saturated heterocycles. The van der Waals surface area contributed by atoms with Gasteiger partial charge in [0, 0.05) is 17.3 Å². The Labute approximate surface area is 95.4 Å². The highest BCUT2D eigenvalue weighted by Crippen LogP contribution is 2.27. The molecular formula is C10H10BrN3O. The topological polar surface area (TPSA) is 39.4 Å². The van der Waals surface area contributed by atoms with Crippen LogP contribution in [0.15, 0.2) is 22.8 Å². The zero-order chi connectivity index (χ0) is 10.3. The van der Waals surface area contributed by atoms with E-state index in [0.29, 0.717) is 0 Å². The fourth-order valence-corrected chi connectivity index (χ4v) is 2.22. The van der Waals surface area contributed by atoms with Crippen molar-refractivity contribution < 1.29 is 4.74 Å². The quantitative estimate of drug-likeness (QED) is 0.796. The molecule has 0 radical (unpaired) electrons. The van der Waals surface area contributed by atoms with Gasteiger partial charge >= 0.3 is 0 Å². The van der Waals surface area contributed by atoms with E-state index in [-0.39, 0.29) is 6.10 Å². The number of halogens is 1. The predicted octanol–water partition coefficient (Wildman–Crippen LogP) is 2.34. The van der Waals surface area contributed by atoms with Crippen LogP contribution in [0.3, 0.4) is 0 Å². The smallest absolute Gasteiger partial charge is 0.166 e. The second-order valence-electron chi connectivity index (χ2n) is 3.64. The molecule has 2 aromatic heterocycles. The third-order valence-corrected chi connectivity index (χ3v) is 3.08. The lowest BCUT2D eigenvalue weighted by Gasteiger charge is -2.06. The number of ether oxygens (including phenoxy) is 1. The zero-order valence-electron chi connectivity index (χ0n) is 8.06. The summed E-state index contributed by atoms with van der Waals surface area (Å²) in [6.45, 7) is 0.827. The van der Waals surface area contributed by atoms with Crippen LogP contribution in [-0.2, 0) is 4.74 Å². The van der Waals surface area contributed by atoms with Crippen LogP contribution in [0.25, 0.3) is 5.65 Å². The molecule has 0 N–H and O–H groups in total. The molecule has 1 aliphatic rings. The maximum absolute atomic E-state index is 5.61. The van der Waals surface area contributed by atoms with Crippen molar-refractivity contribution >= 4 is 21.6 Å². The Morgan fingerprint density at radius 1 is 1.40 bits per heavy atom. The average Bonchev–Trinajstić information content (AvgIpc) is 2.83. The summed E-state index contributed by atoms with van der Waals surface area (Å²) in [7, 11) is 0. The van der Waals surface area contributed by atoms with Crippen LogP contribution >= 0.6 is 15.9 Å². The van der Waals surface area contributed by atoms with E-state index in [4.69, 9.17) is 4.74 Å². The van der Waals surface area contributed by atoms with Crippen molar-refractivity contribution in [2.75, 3.05) is 6.61 Å². The maximum Gasteiger partial charge on any atom is 0.166 e. The second kappa shape index (κ2) is 3.57. The number of rotatable bonds is 1. The fourth-order valence-electron chi connectivity index (χ4n) is 1.88. The number of hydrogen-bond acceptors (Lipinski definition) is 3. The van der Waals surface area contributed by atoms with Crippen molar-refractivity contribution in [1.82, 2.24) is 14.6 Å². The van der Waals surface area contributed by atoms with Crippen molar-refractivity contribution in [2.45, 2.75) is 18.9 Å². The van der Waals surface area contributed by atoms with Gasteiger partial charge in [0.05, 0.1) is 0 Å². The lowest BCUT2D eigenvalue weighted by Crippen LogP contribution is -2.02. The Bertz CT molecular complexity index is 490. The summed E-state index contributed by atoms with van der Waals surface area (Å²) in [5.74, 6) is 0.906. The first-order valence-electron chi connectivity index (χ1n) is 4.96. The Kier molecular flexibility index (Phi) is 2.21. The van der Waals surface area contributed by atoms with Crippen molar-refractivity contribution in [1.29, 1.82) is 0 Å². The molecule has 2 aromatic rings. The van der Waals surface area contributed by atoms with Gasteiger partial charge in [-0.3, -0.25) is 4.40 Å². The molecule has 78 valence electrons. The molecule has 0 saturated carbocycles. The SMILES string of the molecule is Brc1ccc2nnc(C3CCCO3)n2c1.